The lowest BCUT2D eigenvalue weighted by Crippen LogP contribution is -2.11. The van der Waals surface area contributed by atoms with Gasteiger partial charge in [0.2, 0.25) is 0 Å². The van der Waals surface area contributed by atoms with Crippen LogP contribution in [-0.2, 0) is 7.05 Å². The minimum atomic E-state index is -0.233. The van der Waals surface area contributed by atoms with Crippen molar-refractivity contribution in [3.05, 3.63) is 59.6 Å². The molecule has 0 aliphatic rings. The molecular weight excluding hydrogens is 334 g/mol. The number of rotatable bonds is 4. The van der Waals surface area contributed by atoms with Crippen molar-refractivity contribution in [3.8, 4) is 0 Å². The standard InChI is InChI=1S/C15H12ClN5OS/c1-21-9-18-20-15(21)23-13-5-4-11(7-12(13)16)19-14(22)10-3-2-6-17-8-10/h2-9H,1H3,(H,19,22). The van der Waals surface area contributed by atoms with E-state index in [2.05, 4.69) is 20.5 Å². The lowest BCUT2D eigenvalue weighted by atomic mass is 10.2. The first-order valence-corrected chi connectivity index (χ1v) is 7.86. The third-order valence-corrected chi connectivity index (χ3v) is 4.54. The number of halogens is 1. The summed E-state index contributed by atoms with van der Waals surface area (Å²) < 4.78 is 1.80. The molecule has 23 heavy (non-hydrogen) atoms. The van der Waals surface area contributed by atoms with Crippen LogP contribution in [0, 0.1) is 0 Å². The van der Waals surface area contributed by atoms with Gasteiger partial charge in [-0.05, 0) is 42.1 Å². The second-order valence-electron chi connectivity index (χ2n) is 4.67. The van der Waals surface area contributed by atoms with Gasteiger partial charge in [-0.3, -0.25) is 9.78 Å². The maximum absolute atomic E-state index is 12.1. The highest BCUT2D eigenvalue weighted by molar-refractivity contribution is 7.99. The monoisotopic (exact) mass is 345 g/mol. The molecule has 1 N–H and O–H groups in total. The van der Waals surface area contributed by atoms with Gasteiger partial charge in [-0.2, -0.15) is 0 Å². The molecule has 2 heterocycles. The highest BCUT2D eigenvalue weighted by atomic mass is 35.5. The van der Waals surface area contributed by atoms with Crippen molar-refractivity contribution in [1.29, 1.82) is 0 Å². The molecule has 0 aliphatic carbocycles. The van der Waals surface area contributed by atoms with Crippen LogP contribution in [0.5, 0.6) is 0 Å². The smallest absolute Gasteiger partial charge is 0.257 e. The Morgan fingerprint density at radius 2 is 2.22 bits per heavy atom. The fourth-order valence-corrected chi connectivity index (χ4v) is 2.89. The van der Waals surface area contributed by atoms with Crippen molar-refractivity contribution < 1.29 is 4.79 Å². The quantitative estimate of drug-likeness (QED) is 0.785. The predicted molar refractivity (Wildman–Crippen MR) is 88.8 cm³/mol. The van der Waals surface area contributed by atoms with Gasteiger partial charge >= 0.3 is 0 Å². The maximum Gasteiger partial charge on any atom is 0.257 e. The van der Waals surface area contributed by atoms with Gasteiger partial charge in [0.05, 0.1) is 10.6 Å². The number of pyridine rings is 1. The number of nitrogens with one attached hydrogen (secondary N) is 1. The number of anilines is 1. The molecule has 0 spiro atoms. The zero-order chi connectivity index (χ0) is 16.2. The molecule has 0 unspecified atom stereocenters. The first kappa shape index (κ1) is 15.5. The Morgan fingerprint density at radius 1 is 1.35 bits per heavy atom. The number of amides is 1. The molecule has 0 atom stereocenters. The van der Waals surface area contributed by atoms with Gasteiger partial charge in [0, 0.05) is 30.0 Å². The number of aromatic nitrogens is 4. The molecule has 116 valence electrons. The van der Waals surface area contributed by atoms with Crippen molar-refractivity contribution >= 4 is 35.0 Å². The lowest BCUT2D eigenvalue weighted by Gasteiger charge is -2.08. The van der Waals surface area contributed by atoms with E-state index < -0.39 is 0 Å². The van der Waals surface area contributed by atoms with Crippen LogP contribution in [0.25, 0.3) is 0 Å². The van der Waals surface area contributed by atoms with Crippen molar-refractivity contribution in [2.45, 2.75) is 10.1 Å². The van der Waals surface area contributed by atoms with Gasteiger partial charge < -0.3 is 9.88 Å². The topological polar surface area (TPSA) is 72.7 Å². The lowest BCUT2D eigenvalue weighted by molar-refractivity contribution is 0.102. The van der Waals surface area contributed by atoms with Crippen molar-refractivity contribution in [2.75, 3.05) is 5.32 Å². The number of carbonyl (C=O) groups excluding carboxylic acids is 1. The van der Waals surface area contributed by atoms with E-state index in [-0.39, 0.29) is 5.91 Å². The fourth-order valence-electron chi connectivity index (χ4n) is 1.83. The SMILES string of the molecule is Cn1cnnc1Sc1ccc(NC(=O)c2cccnc2)cc1Cl. The Hall–Kier alpha value is -2.38. The van der Waals surface area contributed by atoms with Crippen LogP contribution in [0.4, 0.5) is 5.69 Å². The van der Waals surface area contributed by atoms with Gasteiger partial charge in [-0.15, -0.1) is 10.2 Å². The Morgan fingerprint density at radius 3 is 2.87 bits per heavy atom. The third kappa shape index (κ3) is 3.69. The highest BCUT2D eigenvalue weighted by Crippen LogP contribution is 2.33. The van der Waals surface area contributed by atoms with E-state index in [0.717, 1.165) is 10.1 Å². The summed E-state index contributed by atoms with van der Waals surface area (Å²) in [7, 11) is 1.86. The van der Waals surface area contributed by atoms with Crippen molar-refractivity contribution in [3.63, 3.8) is 0 Å². The molecule has 3 rings (SSSR count). The molecule has 1 aromatic carbocycles. The molecule has 6 nitrogen and oxygen atoms in total. The number of nitrogens with zero attached hydrogens (tertiary/aromatic N) is 4. The zero-order valence-corrected chi connectivity index (χ0v) is 13.7. The van der Waals surface area contributed by atoms with Crippen LogP contribution in [0.3, 0.4) is 0 Å². The molecule has 0 bridgehead atoms. The van der Waals surface area contributed by atoms with Gasteiger partial charge in [-0.25, -0.2) is 0 Å². The van der Waals surface area contributed by atoms with E-state index >= 15 is 0 Å². The summed E-state index contributed by atoms with van der Waals surface area (Å²) >= 11 is 7.69. The third-order valence-electron chi connectivity index (χ3n) is 2.98. The average molecular weight is 346 g/mol. The minimum absolute atomic E-state index is 0.233. The number of carbonyl (C=O) groups is 1. The molecule has 3 aromatic rings. The summed E-state index contributed by atoms with van der Waals surface area (Å²) in [6, 6.07) is 8.73. The number of benzene rings is 1. The molecular formula is C15H12ClN5OS. The van der Waals surface area contributed by atoms with Crippen LogP contribution in [0.15, 0.2) is 59.1 Å². The largest absolute Gasteiger partial charge is 0.322 e. The summed E-state index contributed by atoms with van der Waals surface area (Å²) in [6.45, 7) is 0. The summed E-state index contributed by atoms with van der Waals surface area (Å²) in [4.78, 5) is 16.8. The van der Waals surface area contributed by atoms with Gasteiger partial charge in [0.15, 0.2) is 5.16 Å². The van der Waals surface area contributed by atoms with Crippen LogP contribution >= 0.6 is 23.4 Å². The molecule has 0 radical (unpaired) electrons. The van der Waals surface area contributed by atoms with Gasteiger partial charge in [0.25, 0.3) is 5.91 Å². The first-order valence-electron chi connectivity index (χ1n) is 6.66. The zero-order valence-electron chi connectivity index (χ0n) is 12.1. The van der Waals surface area contributed by atoms with Crippen LogP contribution in [-0.4, -0.2) is 25.7 Å². The maximum atomic E-state index is 12.1. The van der Waals surface area contributed by atoms with Crippen molar-refractivity contribution in [2.24, 2.45) is 7.05 Å². The van der Waals surface area contributed by atoms with Crippen molar-refractivity contribution in [1.82, 2.24) is 19.7 Å². The summed E-state index contributed by atoms with van der Waals surface area (Å²) in [5, 5.41) is 11.9. The fraction of sp³-hybridized carbons (Fsp3) is 0.0667. The summed E-state index contributed by atoms with van der Waals surface area (Å²) in [6.07, 6.45) is 4.75. The van der Waals surface area contributed by atoms with E-state index in [1.165, 1.54) is 18.0 Å². The van der Waals surface area contributed by atoms with E-state index in [4.69, 9.17) is 11.6 Å². The Kier molecular flexibility index (Phi) is 4.59. The summed E-state index contributed by atoms with van der Waals surface area (Å²) in [5.41, 5.74) is 1.10. The molecule has 0 aliphatic heterocycles. The number of hydrogen-bond acceptors (Lipinski definition) is 5. The highest BCUT2D eigenvalue weighted by Gasteiger charge is 2.10. The normalized spacial score (nSPS) is 10.5. The van der Waals surface area contributed by atoms with E-state index in [1.807, 2.05) is 13.1 Å². The second-order valence-corrected chi connectivity index (χ2v) is 6.08. The first-order chi connectivity index (χ1) is 11.1. The van der Waals surface area contributed by atoms with Gasteiger partial charge in [0.1, 0.15) is 6.33 Å². The number of aryl methyl sites for hydroxylation is 1. The van der Waals surface area contributed by atoms with Crippen LogP contribution in [0.1, 0.15) is 10.4 Å². The predicted octanol–water partition coefficient (Wildman–Crippen LogP) is 3.27. The van der Waals surface area contributed by atoms with Gasteiger partial charge in [-0.1, -0.05) is 11.6 Å². The summed E-state index contributed by atoms with van der Waals surface area (Å²) in [5.74, 6) is -0.233. The number of hydrogen-bond donors (Lipinski definition) is 1. The molecule has 0 saturated heterocycles. The Balaban J connectivity index is 1.74. The molecule has 0 saturated carbocycles. The minimum Gasteiger partial charge on any atom is -0.322 e. The average Bonchev–Trinajstić information content (AvgIpc) is 2.96. The molecule has 1 amide bonds. The Labute approximate surface area is 141 Å². The van der Waals surface area contributed by atoms with E-state index in [0.29, 0.717) is 16.3 Å². The van der Waals surface area contributed by atoms with Crippen LogP contribution in [0.2, 0.25) is 5.02 Å². The van der Waals surface area contributed by atoms with Crippen LogP contribution < -0.4 is 5.32 Å². The molecule has 8 heteroatoms. The Bertz CT molecular complexity index is 837. The van der Waals surface area contributed by atoms with E-state index in [9.17, 15) is 4.79 Å². The second kappa shape index (κ2) is 6.80. The molecule has 0 fully saturated rings. The van der Waals surface area contributed by atoms with E-state index in [1.54, 1.807) is 41.4 Å². The molecule has 2 aromatic heterocycles.